The summed E-state index contributed by atoms with van der Waals surface area (Å²) in [6, 6.07) is 3.33. The summed E-state index contributed by atoms with van der Waals surface area (Å²) in [6.07, 6.45) is 1.03. The van der Waals surface area contributed by atoms with E-state index in [1.165, 1.54) is 11.1 Å². The highest BCUT2D eigenvalue weighted by molar-refractivity contribution is 5.94. The molecule has 0 radical (unpaired) electrons. The molecule has 0 bridgehead atoms. The van der Waals surface area contributed by atoms with E-state index in [2.05, 4.69) is 4.98 Å². The van der Waals surface area contributed by atoms with E-state index >= 15 is 0 Å². The molecule has 2 heterocycles. The van der Waals surface area contributed by atoms with Crippen molar-refractivity contribution in [2.45, 2.75) is 19.3 Å². The molecule has 6 heteroatoms. The van der Waals surface area contributed by atoms with Gasteiger partial charge >= 0.3 is 0 Å². The lowest BCUT2D eigenvalue weighted by Gasteiger charge is -2.37. The fraction of sp³-hybridized carbons (Fsp3) is 0.538. The van der Waals surface area contributed by atoms with Crippen molar-refractivity contribution in [2.24, 2.45) is 5.92 Å². The van der Waals surface area contributed by atoms with Crippen molar-refractivity contribution in [3.05, 3.63) is 29.6 Å². The Balaban J connectivity index is 2.11. The van der Waals surface area contributed by atoms with Crippen LogP contribution in [0.4, 0.5) is 8.78 Å². The number of likely N-dealkylation sites (tertiary alicyclic amines) is 1. The number of aromatic nitrogens is 1. The average Bonchev–Trinajstić information content (AvgIpc) is 2.38. The van der Waals surface area contributed by atoms with Crippen LogP contribution in [0.5, 0.6) is 0 Å². The van der Waals surface area contributed by atoms with Gasteiger partial charge in [-0.15, -0.1) is 0 Å². The van der Waals surface area contributed by atoms with E-state index in [4.69, 9.17) is 5.11 Å². The third-order valence-corrected chi connectivity index (χ3v) is 3.42. The number of halogens is 2. The smallest absolute Gasteiger partial charge is 0.256 e. The standard InChI is InChI=1S/C13H16F2N2O2/c1-9-2-3-10(6-16-9)12(19)17-5-4-13(14,15)11(7-17)8-18/h2-3,6,11,18H,4-5,7-8H2,1H3. The van der Waals surface area contributed by atoms with Crippen molar-refractivity contribution in [2.75, 3.05) is 19.7 Å². The molecule has 19 heavy (non-hydrogen) atoms. The summed E-state index contributed by atoms with van der Waals surface area (Å²) in [4.78, 5) is 17.5. The van der Waals surface area contributed by atoms with Gasteiger partial charge in [-0.2, -0.15) is 0 Å². The van der Waals surface area contributed by atoms with Gasteiger partial charge in [0.1, 0.15) is 0 Å². The van der Waals surface area contributed by atoms with Crippen molar-refractivity contribution in [1.29, 1.82) is 0 Å². The Hall–Kier alpha value is -1.56. The lowest BCUT2D eigenvalue weighted by molar-refractivity contribution is -0.113. The maximum Gasteiger partial charge on any atom is 0.256 e. The molecule has 1 aliphatic heterocycles. The molecule has 1 saturated heterocycles. The monoisotopic (exact) mass is 270 g/mol. The molecule has 0 aromatic carbocycles. The molecule has 0 saturated carbocycles. The minimum absolute atomic E-state index is 0.00376. The van der Waals surface area contributed by atoms with Crippen LogP contribution in [0.2, 0.25) is 0 Å². The number of pyridine rings is 1. The van der Waals surface area contributed by atoms with Gasteiger partial charge in [-0.3, -0.25) is 9.78 Å². The first kappa shape index (κ1) is 13.9. The second-order valence-corrected chi connectivity index (χ2v) is 4.83. The van der Waals surface area contributed by atoms with Crippen molar-refractivity contribution in [3.8, 4) is 0 Å². The summed E-state index contributed by atoms with van der Waals surface area (Å²) < 4.78 is 26.9. The van der Waals surface area contributed by atoms with E-state index in [0.29, 0.717) is 5.56 Å². The minimum atomic E-state index is -2.91. The molecule has 1 atom stereocenters. The van der Waals surface area contributed by atoms with Crippen LogP contribution in [0, 0.1) is 12.8 Å². The van der Waals surface area contributed by atoms with Crippen molar-refractivity contribution >= 4 is 5.91 Å². The van der Waals surface area contributed by atoms with Crippen LogP contribution in [-0.4, -0.2) is 46.5 Å². The first-order valence-corrected chi connectivity index (χ1v) is 6.14. The number of amides is 1. The Morgan fingerprint density at radius 1 is 1.58 bits per heavy atom. The average molecular weight is 270 g/mol. The Kier molecular flexibility index (Phi) is 3.80. The highest BCUT2D eigenvalue weighted by Crippen LogP contribution is 2.33. The van der Waals surface area contributed by atoms with Gasteiger partial charge in [-0.1, -0.05) is 0 Å². The Morgan fingerprint density at radius 3 is 2.89 bits per heavy atom. The molecule has 104 valence electrons. The summed E-state index contributed by atoms with van der Waals surface area (Å²) in [6.45, 7) is 1.05. The number of aliphatic hydroxyl groups is 1. The molecule has 0 spiro atoms. The summed E-state index contributed by atoms with van der Waals surface area (Å²) in [5, 5.41) is 9.00. The molecular weight excluding hydrogens is 254 g/mol. The number of carbonyl (C=O) groups excluding carboxylic acids is 1. The molecular formula is C13H16F2N2O2. The molecule has 1 unspecified atom stereocenters. The number of aliphatic hydroxyl groups excluding tert-OH is 1. The summed E-state index contributed by atoms with van der Waals surface area (Å²) in [5.41, 5.74) is 1.17. The summed E-state index contributed by atoms with van der Waals surface area (Å²) in [7, 11) is 0. The molecule has 1 N–H and O–H groups in total. The fourth-order valence-electron chi connectivity index (χ4n) is 2.13. The van der Waals surface area contributed by atoms with Gasteiger partial charge in [0.05, 0.1) is 18.1 Å². The van der Waals surface area contributed by atoms with E-state index in [-0.39, 0.29) is 19.0 Å². The number of carbonyl (C=O) groups is 1. The van der Waals surface area contributed by atoms with E-state index in [9.17, 15) is 13.6 Å². The molecule has 0 aliphatic carbocycles. The molecule has 1 aliphatic rings. The normalized spacial score (nSPS) is 22.3. The van der Waals surface area contributed by atoms with E-state index in [1.807, 2.05) is 0 Å². The highest BCUT2D eigenvalue weighted by atomic mass is 19.3. The SMILES string of the molecule is Cc1ccc(C(=O)N2CCC(F)(F)C(CO)C2)cn1. The quantitative estimate of drug-likeness (QED) is 0.885. The lowest BCUT2D eigenvalue weighted by Crippen LogP contribution is -2.50. The number of aryl methyl sites for hydroxylation is 1. The number of hydrogen-bond donors (Lipinski definition) is 1. The van der Waals surface area contributed by atoms with Gasteiger partial charge < -0.3 is 10.0 Å². The van der Waals surface area contributed by atoms with Gasteiger partial charge in [0, 0.05) is 31.4 Å². The number of piperidine rings is 1. The third kappa shape index (κ3) is 2.89. The zero-order chi connectivity index (χ0) is 14.0. The first-order valence-electron chi connectivity index (χ1n) is 6.14. The Labute approximate surface area is 110 Å². The Morgan fingerprint density at radius 2 is 2.32 bits per heavy atom. The first-order chi connectivity index (χ1) is 8.94. The van der Waals surface area contributed by atoms with Crippen LogP contribution in [0.15, 0.2) is 18.3 Å². The second kappa shape index (κ2) is 5.21. The van der Waals surface area contributed by atoms with E-state index < -0.39 is 24.9 Å². The van der Waals surface area contributed by atoms with Crippen molar-refractivity contribution < 1.29 is 18.7 Å². The van der Waals surface area contributed by atoms with Crippen LogP contribution in [0.25, 0.3) is 0 Å². The second-order valence-electron chi connectivity index (χ2n) is 4.83. The van der Waals surface area contributed by atoms with Crippen molar-refractivity contribution in [1.82, 2.24) is 9.88 Å². The largest absolute Gasteiger partial charge is 0.396 e. The summed E-state index contributed by atoms with van der Waals surface area (Å²) in [5.74, 6) is -4.41. The fourth-order valence-corrected chi connectivity index (χ4v) is 2.13. The van der Waals surface area contributed by atoms with E-state index in [1.54, 1.807) is 19.1 Å². The van der Waals surface area contributed by atoms with Crippen LogP contribution in [0.3, 0.4) is 0 Å². The van der Waals surface area contributed by atoms with Gasteiger partial charge in [0.25, 0.3) is 11.8 Å². The predicted octanol–water partition coefficient (Wildman–Crippen LogP) is 1.48. The predicted molar refractivity (Wildman–Crippen MR) is 65.0 cm³/mol. The molecule has 2 rings (SSSR count). The zero-order valence-electron chi connectivity index (χ0n) is 10.6. The van der Waals surface area contributed by atoms with Crippen LogP contribution in [0.1, 0.15) is 22.5 Å². The minimum Gasteiger partial charge on any atom is -0.396 e. The van der Waals surface area contributed by atoms with Gasteiger partial charge in [-0.05, 0) is 19.1 Å². The molecule has 4 nitrogen and oxygen atoms in total. The highest BCUT2D eigenvalue weighted by Gasteiger charge is 2.44. The van der Waals surface area contributed by atoms with Gasteiger partial charge in [0.2, 0.25) is 0 Å². The Bertz CT molecular complexity index is 462. The molecule has 1 amide bonds. The van der Waals surface area contributed by atoms with Crippen LogP contribution >= 0.6 is 0 Å². The van der Waals surface area contributed by atoms with Gasteiger partial charge in [-0.25, -0.2) is 8.78 Å². The van der Waals surface area contributed by atoms with Crippen LogP contribution < -0.4 is 0 Å². The number of nitrogens with zero attached hydrogens (tertiary/aromatic N) is 2. The van der Waals surface area contributed by atoms with Crippen molar-refractivity contribution in [3.63, 3.8) is 0 Å². The lowest BCUT2D eigenvalue weighted by atomic mass is 9.94. The van der Waals surface area contributed by atoms with E-state index in [0.717, 1.165) is 5.69 Å². The summed E-state index contributed by atoms with van der Waals surface area (Å²) >= 11 is 0. The molecule has 1 aromatic rings. The maximum absolute atomic E-state index is 13.5. The van der Waals surface area contributed by atoms with Crippen LogP contribution in [-0.2, 0) is 0 Å². The maximum atomic E-state index is 13.5. The number of hydrogen-bond acceptors (Lipinski definition) is 3. The molecule has 1 aromatic heterocycles. The number of alkyl halides is 2. The number of rotatable bonds is 2. The topological polar surface area (TPSA) is 53.4 Å². The van der Waals surface area contributed by atoms with Gasteiger partial charge in [0.15, 0.2) is 0 Å². The molecule has 1 fully saturated rings. The zero-order valence-corrected chi connectivity index (χ0v) is 10.6. The third-order valence-electron chi connectivity index (χ3n) is 3.42.